The van der Waals surface area contributed by atoms with E-state index >= 15 is 0 Å². The first-order chi connectivity index (χ1) is 13.2. The summed E-state index contributed by atoms with van der Waals surface area (Å²) < 4.78 is 7.71. The molecule has 1 N–H and O–H groups in total. The van der Waals surface area contributed by atoms with Crippen molar-refractivity contribution >= 4 is 5.91 Å². The number of nitrogens with zero attached hydrogens (tertiary/aromatic N) is 2. The zero-order valence-corrected chi connectivity index (χ0v) is 16.2. The van der Waals surface area contributed by atoms with Crippen molar-refractivity contribution < 1.29 is 9.53 Å². The number of carbonyl (C=O) groups excluding carboxylic acids is 1. The summed E-state index contributed by atoms with van der Waals surface area (Å²) in [6.07, 6.45) is 4.89. The van der Waals surface area contributed by atoms with Gasteiger partial charge in [0, 0.05) is 48.8 Å². The predicted octanol–water partition coefficient (Wildman–Crippen LogP) is 2.73. The highest BCUT2D eigenvalue weighted by molar-refractivity contribution is 5.94. The van der Waals surface area contributed by atoms with Crippen LogP contribution in [0.25, 0.3) is 5.69 Å². The zero-order valence-electron chi connectivity index (χ0n) is 16.2. The Bertz CT molecular complexity index is 789. The first kappa shape index (κ1) is 18.3. The molecule has 27 heavy (non-hydrogen) atoms. The van der Waals surface area contributed by atoms with Gasteiger partial charge in [0.05, 0.1) is 13.2 Å². The number of aryl methyl sites for hydroxylation is 2. The maximum absolute atomic E-state index is 12.4. The van der Waals surface area contributed by atoms with Gasteiger partial charge in [0.25, 0.3) is 5.91 Å². The number of ether oxygens (including phenoxy) is 1. The Morgan fingerprint density at radius 3 is 2.63 bits per heavy atom. The largest absolute Gasteiger partial charge is 0.379 e. The molecule has 1 aliphatic carbocycles. The highest BCUT2D eigenvalue weighted by Gasteiger charge is 2.17. The minimum absolute atomic E-state index is 0.000987. The van der Waals surface area contributed by atoms with Crippen LogP contribution in [-0.2, 0) is 17.6 Å². The summed E-state index contributed by atoms with van der Waals surface area (Å²) in [4.78, 5) is 14.7. The Kier molecular flexibility index (Phi) is 5.60. The number of hydrogen-bond acceptors (Lipinski definition) is 3. The first-order valence-electron chi connectivity index (χ1n) is 10.1. The van der Waals surface area contributed by atoms with Gasteiger partial charge in [-0.2, -0.15) is 0 Å². The normalized spacial score (nSPS) is 17.5. The molecule has 1 aliphatic heterocycles. The lowest BCUT2D eigenvalue weighted by Crippen LogP contribution is -2.41. The van der Waals surface area contributed by atoms with Gasteiger partial charge in [0.2, 0.25) is 0 Å². The summed E-state index contributed by atoms with van der Waals surface area (Å²) in [5, 5.41) is 3.03. The van der Waals surface area contributed by atoms with Crippen LogP contribution >= 0.6 is 0 Å². The van der Waals surface area contributed by atoms with Gasteiger partial charge in [-0.1, -0.05) is 0 Å². The quantitative estimate of drug-likeness (QED) is 0.884. The molecule has 0 saturated carbocycles. The molecule has 0 bridgehead atoms. The third-order valence-corrected chi connectivity index (χ3v) is 5.69. The standard InChI is InChI=1S/C22H29N3O2/c1-17-16-19-4-2-3-5-21(19)25(17)20-8-6-18(7-9-20)22(26)23-10-11-24-12-14-27-15-13-24/h6-9,16H,2-5,10-15H2,1H3,(H,23,26). The van der Waals surface area contributed by atoms with Gasteiger partial charge in [-0.05, 0) is 68.5 Å². The molecule has 0 atom stereocenters. The molecule has 1 amide bonds. The van der Waals surface area contributed by atoms with Gasteiger partial charge in [0.1, 0.15) is 0 Å². The Morgan fingerprint density at radius 2 is 1.85 bits per heavy atom. The maximum Gasteiger partial charge on any atom is 0.251 e. The van der Waals surface area contributed by atoms with E-state index in [1.165, 1.54) is 36.2 Å². The van der Waals surface area contributed by atoms with Crippen molar-refractivity contribution in [2.45, 2.75) is 32.6 Å². The molecule has 2 aliphatic rings. The van der Waals surface area contributed by atoms with Crippen molar-refractivity contribution in [3.63, 3.8) is 0 Å². The van der Waals surface area contributed by atoms with Gasteiger partial charge in [-0.3, -0.25) is 9.69 Å². The van der Waals surface area contributed by atoms with Crippen LogP contribution in [0.1, 0.15) is 40.2 Å². The molecule has 5 heteroatoms. The van der Waals surface area contributed by atoms with E-state index in [9.17, 15) is 4.79 Å². The van der Waals surface area contributed by atoms with Crippen LogP contribution in [0, 0.1) is 6.92 Å². The average molecular weight is 367 g/mol. The number of rotatable bonds is 5. The molecular weight excluding hydrogens is 338 g/mol. The second-order valence-corrected chi connectivity index (χ2v) is 7.56. The molecule has 1 fully saturated rings. The second-order valence-electron chi connectivity index (χ2n) is 7.56. The molecule has 1 aromatic carbocycles. The van der Waals surface area contributed by atoms with E-state index < -0.39 is 0 Å². The summed E-state index contributed by atoms with van der Waals surface area (Å²) in [6.45, 7) is 7.20. The smallest absolute Gasteiger partial charge is 0.251 e. The topological polar surface area (TPSA) is 46.5 Å². The predicted molar refractivity (Wildman–Crippen MR) is 107 cm³/mol. The highest BCUT2D eigenvalue weighted by atomic mass is 16.5. The molecule has 144 valence electrons. The van der Waals surface area contributed by atoms with E-state index in [4.69, 9.17) is 4.74 Å². The number of carbonyl (C=O) groups is 1. The third-order valence-electron chi connectivity index (χ3n) is 5.69. The Morgan fingerprint density at radius 1 is 1.11 bits per heavy atom. The lowest BCUT2D eigenvalue weighted by atomic mass is 9.98. The van der Waals surface area contributed by atoms with E-state index in [2.05, 4.69) is 39.9 Å². The SMILES string of the molecule is Cc1cc2c(n1-c1ccc(C(=O)NCCN3CCOCC3)cc1)CCCC2. The van der Waals surface area contributed by atoms with Crippen LogP contribution in [-0.4, -0.2) is 54.8 Å². The van der Waals surface area contributed by atoms with E-state index in [0.717, 1.165) is 50.5 Å². The van der Waals surface area contributed by atoms with Crippen molar-refractivity contribution in [3.05, 3.63) is 52.8 Å². The van der Waals surface area contributed by atoms with Gasteiger partial charge < -0.3 is 14.6 Å². The lowest BCUT2D eigenvalue weighted by molar-refractivity contribution is 0.0383. The second kappa shape index (κ2) is 8.28. The van der Waals surface area contributed by atoms with Crippen LogP contribution in [0.2, 0.25) is 0 Å². The summed E-state index contributed by atoms with van der Waals surface area (Å²) in [5.74, 6) is 0.000987. The van der Waals surface area contributed by atoms with Crippen LogP contribution in [0.3, 0.4) is 0 Å². The molecular formula is C22H29N3O2. The fourth-order valence-corrected chi connectivity index (χ4v) is 4.23. The van der Waals surface area contributed by atoms with Crippen LogP contribution in [0.15, 0.2) is 30.3 Å². The molecule has 0 spiro atoms. The zero-order chi connectivity index (χ0) is 18.6. The van der Waals surface area contributed by atoms with Gasteiger partial charge >= 0.3 is 0 Å². The summed E-state index contributed by atoms with van der Waals surface area (Å²) >= 11 is 0. The monoisotopic (exact) mass is 367 g/mol. The first-order valence-corrected chi connectivity index (χ1v) is 10.1. The van der Waals surface area contributed by atoms with E-state index in [-0.39, 0.29) is 5.91 Å². The number of aromatic nitrogens is 1. The van der Waals surface area contributed by atoms with Crippen molar-refractivity contribution in [1.29, 1.82) is 0 Å². The van der Waals surface area contributed by atoms with Crippen molar-refractivity contribution in [2.75, 3.05) is 39.4 Å². The van der Waals surface area contributed by atoms with Crippen LogP contribution in [0.4, 0.5) is 0 Å². The molecule has 5 nitrogen and oxygen atoms in total. The molecule has 4 rings (SSSR count). The number of morpholine rings is 1. The number of hydrogen-bond donors (Lipinski definition) is 1. The third kappa shape index (κ3) is 4.09. The van der Waals surface area contributed by atoms with Gasteiger partial charge in [0.15, 0.2) is 0 Å². The number of benzene rings is 1. The van der Waals surface area contributed by atoms with Gasteiger partial charge in [-0.15, -0.1) is 0 Å². The van der Waals surface area contributed by atoms with Crippen molar-refractivity contribution in [3.8, 4) is 5.69 Å². The van der Waals surface area contributed by atoms with Crippen molar-refractivity contribution in [1.82, 2.24) is 14.8 Å². The molecule has 2 aromatic rings. The Balaban J connectivity index is 1.39. The minimum Gasteiger partial charge on any atom is -0.379 e. The lowest BCUT2D eigenvalue weighted by Gasteiger charge is -2.26. The fourth-order valence-electron chi connectivity index (χ4n) is 4.23. The summed E-state index contributed by atoms with van der Waals surface area (Å²) in [7, 11) is 0. The van der Waals surface area contributed by atoms with E-state index in [0.29, 0.717) is 6.54 Å². The molecule has 1 saturated heterocycles. The number of nitrogens with one attached hydrogen (secondary N) is 1. The van der Waals surface area contributed by atoms with Crippen molar-refractivity contribution in [2.24, 2.45) is 0 Å². The van der Waals surface area contributed by atoms with E-state index in [1.54, 1.807) is 0 Å². The minimum atomic E-state index is 0.000987. The molecule has 1 aromatic heterocycles. The Hall–Kier alpha value is -2.11. The number of fused-ring (bicyclic) bond motifs is 1. The van der Waals surface area contributed by atoms with Crippen LogP contribution < -0.4 is 5.32 Å². The molecule has 0 unspecified atom stereocenters. The van der Waals surface area contributed by atoms with Gasteiger partial charge in [-0.25, -0.2) is 0 Å². The summed E-state index contributed by atoms with van der Waals surface area (Å²) in [5.41, 5.74) is 6.09. The highest BCUT2D eigenvalue weighted by Crippen LogP contribution is 2.28. The molecule has 2 heterocycles. The van der Waals surface area contributed by atoms with E-state index in [1.807, 2.05) is 12.1 Å². The average Bonchev–Trinajstić information content (AvgIpc) is 3.04. The van der Waals surface area contributed by atoms with Crippen LogP contribution in [0.5, 0.6) is 0 Å². The fraction of sp³-hybridized carbons (Fsp3) is 0.500. The molecule has 0 radical (unpaired) electrons. The maximum atomic E-state index is 12.4. The summed E-state index contributed by atoms with van der Waals surface area (Å²) in [6, 6.07) is 10.3. The number of amides is 1. The Labute approximate surface area is 161 Å².